The first-order chi connectivity index (χ1) is 16.6. The van der Waals surface area contributed by atoms with Crippen molar-refractivity contribution >= 4 is 28.5 Å². The van der Waals surface area contributed by atoms with Crippen LogP contribution in [-0.2, 0) is 11.2 Å². The number of nitrogens with zero attached hydrogens (tertiary/aromatic N) is 3. The summed E-state index contributed by atoms with van der Waals surface area (Å²) in [4.78, 5) is 30.0. The molecule has 0 atom stereocenters. The largest absolute Gasteiger partial charge is 0.310 e. The van der Waals surface area contributed by atoms with Crippen molar-refractivity contribution in [3.8, 4) is 11.3 Å². The van der Waals surface area contributed by atoms with Gasteiger partial charge in [-0.1, -0.05) is 60.7 Å². The molecule has 6 heteroatoms. The van der Waals surface area contributed by atoms with Crippen LogP contribution in [0.25, 0.3) is 22.2 Å². The smallest absolute Gasteiger partial charge is 0.278 e. The number of fused-ring (bicyclic) bond motifs is 1. The molecule has 0 bridgehead atoms. The van der Waals surface area contributed by atoms with Crippen molar-refractivity contribution in [3.05, 3.63) is 114 Å². The number of nitrogens with one attached hydrogen (secondary N) is 1. The molecule has 34 heavy (non-hydrogen) atoms. The molecule has 5 aromatic rings. The summed E-state index contributed by atoms with van der Waals surface area (Å²) < 4.78 is 1.43. The SMILES string of the molecule is Cc1ccccc1C(=O)n1ncc2cc(-c3cccc(NC(=O)Cc4ccccc4)n3)ccc21. The predicted molar refractivity (Wildman–Crippen MR) is 133 cm³/mol. The molecule has 1 amide bonds. The predicted octanol–water partition coefficient (Wildman–Crippen LogP) is 5.28. The van der Waals surface area contributed by atoms with Crippen molar-refractivity contribution in [2.45, 2.75) is 13.3 Å². The molecule has 0 aliphatic rings. The van der Waals surface area contributed by atoms with Crippen LogP contribution in [0.3, 0.4) is 0 Å². The molecule has 166 valence electrons. The molecule has 0 aliphatic carbocycles. The molecule has 5 rings (SSSR count). The van der Waals surface area contributed by atoms with E-state index in [1.165, 1.54) is 4.68 Å². The van der Waals surface area contributed by atoms with E-state index in [4.69, 9.17) is 0 Å². The number of hydrogen-bond acceptors (Lipinski definition) is 4. The molecule has 6 nitrogen and oxygen atoms in total. The molecule has 0 saturated carbocycles. The number of hydrogen-bond donors (Lipinski definition) is 1. The Labute approximate surface area is 196 Å². The number of benzene rings is 3. The van der Waals surface area contributed by atoms with Gasteiger partial charge in [-0.15, -0.1) is 0 Å². The van der Waals surface area contributed by atoms with E-state index >= 15 is 0 Å². The average Bonchev–Trinajstić information content (AvgIpc) is 3.28. The second-order valence-corrected chi connectivity index (χ2v) is 8.07. The zero-order chi connectivity index (χ0) is 23.5. The third kappa shape index (κ3) is 4.34. The van der Waals surface area contributed by atoms with Crippen LogP contribution in [0, 0.1) is 6.92 Å². The highest BCUT2D eigenvalue weighted by Gasteiger charge is 2.15. The van der Waals surface area contributed by atoms with Gasteiger partial charge in [0.2, 0.25) is 5.91 Å². The van der Waals surface area contributed by atoms with Gasteiger partial charge in [-0.3, -0.25) is 9.59 Å². The summed E-state index contributed by atoms with van der Waals surface area (Å²) in [6.07, 6.45) is 1.97. The topological polar surface area (TPSA) is 76.9 Å². The van der Waals surface area contributed by atoms with Crippen LogP contribution in [0.1, 0.15) is 21.5 Å². The lowest BCUT2D eigenvalue weighted by Gasteiger charge is -2.08. The highest BCUT2D eigenvalue weighted by molar-refractivity contribution is 6.02. The van der Waals surface area contributed by atoms with Crippen LogP contribution in [-0.4, -0.2) is 26.6 Å². The van der Waals surface area contributed by atoms with E-state index in [0.717, 1.165) is 33.3 Å². The Morgan fingerprint density at radius 2 is 1.68 bits per heavy atom. The van der Waals surface area contributed by atoms with E-state index in [1.807, 2.05) is 85.8 Å². The standard InChI is InChI=1S/C28H22N4O2/c1-19-8-5-6-11-23(19)28(34)32-25-15-14-21(17-22(25)18-29-32)24-12-7-13-26(30-24)31-27(33)16-20-9-3-2-4-10-20/h2-15,17-18H,16H2,1H3,(H,30,31,33). The number of anilines is 1. The molecular weight excluding hydrogens is 424 g/mol. The third-order valence-electron chi connectivity index (χ3n) is 5.66. The van der Waals surface area contributed by atoms with Gasteiger partial charge in [-0.25, -0.2) is 4.98 Å². The number of amides is 1. The first-order valence-electron chi connectivity index (χ1n) is 11.0. The van der Waals surface area contributed by atoms with Gasteiger partial charge in [-0.2, -0.15) is 9.78 Å². The zero-order valence-corrected chi connectivity index (χ0v) is 18.6. The lowest BCUT2D eigenvalue weighted by molar-refractivity contribution is -0.115. The molecule has 0 unspecified atom stereocenters. The maximum absolute atomic E-state index is 13.0. The van der Waals surface area contributed by atoms with E-state index in [9.17, 15) is 9.59 Å². The van der Waals surface area contributed by atoms with E-state index in [2.05, 4.69) is 15.4 Å². The summed E-state index contributed by atoms with van der Waals surface area (Å²) in [5, 5.41) is 8.04. The monoisotopic (exact) mass is 446 g/mol. The van der Waals surface area contributed by atoms with Crippen molar-refractivity contribution in [2.24, 2.45) is 0 Å². The number of aromatic nitrogens is 3. The Kier molecular flexibility index (Phi) is 5.70. The first-order valence-corrected chi connectivity index (χ1v) is 11.0. The fourth-order valence-corrected chi connectivity index (χ4v) is 3.91. The van der Waals surface area contributed by atoms with Crippen LogP contribution in [0.15, 0.2) is 97.2 Å². The molecule has 0 aliphatic heterocycles. The fourth-order valence-electron chi connectivity index (χ4n) is 3.91. The van der Waals surface area contributed by atoms with E-state index in [1.54, 1.807) is 18.3 Å². The van der Waals surface area contributed by atoms with Crippen molar-refractivity contribution in [1.29, 1.82) is 0 Å². The normalized spacial score (nSPS) is 10.9. The maximum atomic E-state index is 13.0. The molecule has 0 spiro atoms. The van der Waals surface area contributed by atoms with E-state index < -0.39 is 0 Å². The minimum atomic E-state index is -0.165. The van der Waals surface area contributed by atoms with Gasteiger partial charge in [0, 0.05) is 16.5 Å². The van der Waals surface area contributed by atoms with Gasteiger partial charge in [-0.05, 0) is 48.4 Å². The van der Waals surface area contributed by atoms with Crippen molar-refractivity contribution < 1.29 is 9.59 Å². The lowest BCUT2D eigenvalue weighted by Crippen LogP contribution is -2.15. The van der Waals surface area contributed by atoms with Gasteiger partial charge in [0.05, 0.1) is 23.8 Å². The van der Waals surface area contributed by atoms with Crippen molar-refractivity contribution in [3.63, 3.8) is 0 Å². The summed E-state index contributed by atoms with van der Waals surface area (Å²) in [7, 11) is 0. The molecule has 0 fully saturated rings. The van der Waals surface area contributed by atoms with E-state index in [0.29, 0.717) is 11.4 Å². The Morgan fingerprint density at radius 3 is 2.50 bits per heavy atom. The average molecular weight is 447 g/mol. The minimum Gasteiger partial charge on any atom is -0.310 e. The highest BCUT2D eigenvalue weighted by atomic mass is 16.2. The number of carbonyl (C=O) groups is 2. The summed E-state index contributed by atoms with van der Waals surface area (Å²) in [5.41, 5.74) is 4.79. The van der Waals surface area contributed by atoms with Gasteiger partial charge in [0.15, 0.2) is 0 Å². The molecular formula is C28H22N4O2. The van der Waals surface area contributed by atoms with Gasteiger partial charge in [0.1, 0.15) is 5.82 Å². The summed E-state index contributed by atoms with van der Waals surface area (Å²) in [6.45, 7) is 1.91. The van der Waals surface area contributed by atoms with Gasteiger partial charge in [0.25, 0.3) is 5.91 Å². The minimum absolute atomic E-state index is 0.123. The molecule has 0 radical (unpaired) electrons. The van der Waals surface area contributed by atoms with Crippen LogP contribution in [0.2, 0.25) is 0 Å². The molecule has 1 N–H and O–H groups in total. The van der Waals surface area contributed by atoms with Gasteiger partial charge < -0.3 is 5.32 Å². The molecule has 2 aromatic heterocycles. The summed E-state index contributed by atoms with van der Waals surface area (Å²) >= 11 is 0. The Balaban J connectivity index is 1.38. The molecule has 0 saturated heterocycles. The molecule has 3 aromatic carbocycles. The quantitative estimate of drug-likeness (QED) is 0.399. The fraction of sp³-hybridized carbons (Fsp3) is 0.0714. The Morgan fingerprint density at radius 1 is 0.882 bits per heavy atom. The number of carbonyl (C=O) groups excluding carboxylic acids is 2. The maximum Gasteiger partial charge on any atom is 0.278 e. The molecule has 2 heterocycles. The first kappa shape index (κ1) is 21.3. The van der Waals surface area contributed by atoms with Crippen LogP contribution >= 0.6 is 0 Å². The number of pyridine rings is 1. The van der Waals surface area contributed by atoms with Gasteiger partial charge >= 0.3 is 0 Å². The lowest BCUT2D eigenvalue weighted by atomic mass is 10.1. The summed E-state index contributed by atoms with van der Waals surface area (Å²) in [5.74, 6) is 0.202. The van der Waals surface area contributed by atoms with Crippen molar-refractivity contribution in [2.75, 3.05) is 5.32 Å². The van der Waals surface area contributed by atoms with Crippen LogP contribution in [0.4, 0.5) is 5.82 Å². The Hall–Kier alpha value is -4.58. The number of rotatable bonds is 5. The second kappa shape index (κ2) is 9.11. The van der Waals surface area contributed by atoms with E-state index in [-0.39, 0.29) is 18.2 Å². The highest BCUT2D eigenvalue weighted by Crippen LogP contribution is 2.25. The van der Waals surface area contributed by atoms with Crippen LogP contribution in [0.5, 0.6) is 0 Å². The van der Waals surface area contributed by atoms with Crippen molar-refractivity contribution in [1.82, 2.24) is 14.8 Å². The van der Waals surface area contributed by atoms with Crippen LogP contribution < -0.4 is 5.32 Å². The number of aryl methyl sites for hydroxylation is 1. The third-order valence-corrected chi connectivity index (χ3v) is 5.66. The summed E-state index contributed by atoms with van der Waals surface area (Å²) in [6, 6.07) is 28.3. The Bertz CT molecular complexity index is 1510. The zero-order valence-electron chi connectivity index (χ0n) is 18.6. The second-order valence-electron chi connectivity index (χ2n) is 8.07.